The molecule has 0 spiro atoms. The van der Waals surface area contributed by atoms with E-state index in [0.717, 1.165) is 5.69 Å². The standard InChI is InChI=1S/C6H4ClNS/c1-2-3-5-4-9-6(7)8-5/h1,4H,3H2. The van der Waals surface area contributed by atoms with Gasteiger partial charge in [0.2, 0.25) is 0 Å². The van der Waals surface area contributed by atoms with E-state index in [0.29, 0.717) is 10.9 Å². The van der Waals surface area contributed by atoms with Gasteiger partial charge in [-0.15, -0.1) is 23.7 Å². The van der Waals surface area contributed by atoms with Gasteiger partial charge in [0, 0.05) is 5.38 Å². The first kappa shape index (κ1) is 6.60. The topological polar surface area (TPSA) is 12.9 Å². The van der Waals surface area contributed by atoms with Crippen molar-refractivity contribution < 1.29 is 0 Å². The highest BCUT2D eigenvalue weighted by molar-refractivity contribution is 7.13. The van der Waals surface area contributed by atoms with Gasteiger partial charge in [0.05, 0.1) is 12.1 Å². The van der Waals surface area contributed by atoms with E-state index in [4.69, 9.17) is 18.0 Å². The normalized spacial score (nSPS) is 8.89. The second-order valence-electron chi connectivity index (χ2n) is 1.47. The smallest absolute Gasteiger partial charge is 0.183 e. The summed E-state index contributed by atoms with van der Waals surface area (Å²) in [5.74, 6) is 2.48. The highest BCUT2D eigenvalue weighted by atomic mass is 35.5. The zero-order chi connectivity index (χ0) is 6.69. The summed E-state index contributed by atoms with van der Waals surface area (Å²) in [6.07, 6.45) is 5.61. The number of nitrogens with zero attached hydrogens (tertiary/aromatic N) is 1. The first-order chi connectivity index (χ1) is 4.33. The van der Waals surface area contributed by atoms with Crippen LogP contribution in [-0.4, -0.2) is 4.98 Å². The minimum Gasteiger partial charge on any atom is -0.229 e. The third-order valence-electron chi connectivity index (χ3n) is 0.807. The van der Waals surface area contributed by atoms with Gasteiger partial charge in [-0.25, -0.2) is 4.98 Å². The van der Waals surface area contributed by atoms with Gasteiger partial charge in [0.1, 0.15) is 0 Å². The lowest BCUT2D eigenvalue weighted by molar-refractivity contribution is 1.18. The molecule has 0 fully saturated rings. The van der Waals surface area contributed by atoms with Crippen LogP contribution in [0.4, 0.5) is 0 Å². The summed E-state index contributed by atoms with van der Waals surface area (Å²) < 4.78 is 0.556. The maximum Gasteiger partial charge on any atom is 0.183 e. The van der Waals surface area contributed by atoms with Gasteiger partial charge >= 0.3 is 0 Å². The summed E-state index contributed by atoms with van der Waals surface area (Å²) in [6, 6.07) is 0. The van der Waals surface area contributed by atoms with Gasteiger partial charge in [0.25, 0.3) is 0 Å². The zero-order valence-electron chi connectivity index (χ0n) is 4.60. The largest absolute Gasteiger partial charge is 0.229 e. The zero-order valence-corrected chi connectivity index (χ0v) is 6.17. The van der Waals surface area contributed by atoms with Crippen LogP contribution in [0.1, 0.15) is 5.69 Å². The molecule has 0 aliphatic carbocycles. The average Bonchev–Trinajstić information content (AvgIpc) is 2.17. The van der Waals surface area contributed by atoms with Crippen LogP contribution in [0.2, 0.25) is 4.47 Å². The molecule has 0 saturated heterocycles. The fourth-order valence-corrected chi connectivity index (χ4v) is 1.25. The molecule has 1 heterocycles. The van der Waals surface area contributed by atoms with Crippen molar-refractivity contribution in [2.24, 2.45) is 0 Å². The number of aromatic nitrogens is 1. The third-order valence-corrected chi connectivity index (χ3v) is 1.83. The summed E-state index contributed by atoms with van der Waals surface area (Å²) in [5, 5.41) is 1.86. The molecule has 0 amide bonds. The Morgan fingerprint density at radius 3 is 3.11 bits per heavy atom. The number of hydrogen-bond acceptors (Lipinski definition) is 2. The van der Waals surface area contributed by atoms with Gasteiger partial charge in [-0.3, -0.25) is 0 Å². The molecule has 0 aliphatic rings. The molecule has 1 aromatic heterocycles. The predicted octanol–water partition coefficient (Wildman–Crippen LogP) is 1.97. The molecule has 0 saturated carbocycles. The first-order valence-electron chi connectivity index (χ1n) is 2.36. The van der Waals surface area contributed by atoms with Crippen molar-refractivity contribution in [3.05, 3.63) is 15.5 Å². The molecule has 0 aliphatic heterocycles. The van der Waals surface area contributed by atoms with Crippen molar-refractivity contribution in [3.63, 3.8) is 0 Å². The van der Waals surface area contributed by atoms with Crippen LogP contribution < -0.4 is 0 Å². The molecule has 1 rings (SSSR count). The Balaban J connectivity index is 2.76. The maximum atomic E-state index is 5.53. The Morgan fingerprint density at radius 2 is 2.67 bits per heavy atom. The lowest BCUT2D eigenvalue weighted by atomic mass is 10.4. The van der Waals surface area contributed by atoms with Gasteiger partial charge < -0.3 is 0 Å². The molecule has 1 nitrogen and oxygen atoms in total. The molecule has 1 aromatic rings. The second-order valence-corrected chi connectivity index (χ2v) is 2.91. The highest BCUT2D eigenvalue weighted by Gasteiger charge is 1.94. The van der Waals surface area contributed by atoms with E-state index in [-0.39, 0.29) is 0 Å². The molecule has 0 N–H and O–H groups in total. The first-order valence-corrected chi connectivity index (χ1v) is 3.62. The molecule has 9 heavy (non-hydrogen) atoms. The van der Waals surface area contributed by atoms with Crippen LogP contribution in [0, 0.1) is 12.3 Å². The quantitative estimate of drug-likeness (QED) is 0.568. The lowest BCUT2D eigenvalue weighted by Gasteiger charge is -1.78. The van der Waals surface area contributed by atoms with Crippen molar-refractivity contribution >= 4 is 22.9 Å². The molecule has 0 bridgehead atoms. The predicted molar refractivity (Wildman–Crippen MR) is 39.7 cm³/mol. The molecular formula is C6H4ClNS. The number of terminal acetylenes is 1. The maximum absolute atomic E-state index is 5.53. The molecule has 46 valence electrons. The van der Waals surface area contributed by atoms with Crippen molar-refractivity contribution in [3.8, 4) is 12.3 Å². The Hall–Kier alpha value is -0.520. The number of rotatable bonds is 1. The van der Waals surface area contributed by atoms with Crippen LogP contribution in [0.25, 0.3) is 0 Å². The number of halogens is 1. The Kier molecular flexibility index (Phi) is 2.10. The van der Waals surface area contributed by atoms with Crippen molar-refractivity contribution in [2.45, 2.75) is 6.42 Å². The summed E-state index contributed by atoms with van der Waals surface area (Å²) >= 11 is 6.94. The van der Waals surface area contributed by atoms with Gasteiger partial charge in [0.15, 0.2) is 4.47 Å². The highest BCUT2D eigenvalue weighted by Crippen LogP contribution is 2.14. The summed E-state index contributed by atoms with van der Waals surface area (Å²) in [4.78, 5) is 3.94. The van der Waals surface area contributed by atoms with E-state index in [1.54, 1.807) is 0 Å². The molecule has 0 aromatic carbocycles. The second kappa shape index (κ2) is 2.86. The Morgan fingerprint density at radius 1 is 1.89 bits per heavy atom. The number of hydrogen-bond donors (Lipinski definition) is 0. The van der Waals surface area contributed by atoms with E-state index >= 15 is 0 Å². The lowest BCUT2D eigenvalue weighted by Crippen LogP contribution is -1.77. The van der Waals surface area contributed by atoms with Gasteiger partial charge in [-0.2, -0.15) is 0 Å². The molecule has 0 atom stereocenters. The van der Waals surface area contributed by atoms with E-state index in [9.17, 15) is 0 Å². The SMILES string of the molecule is C#CCc1csc(Cl)n1. The average molecular weight is 158 g/mol. The van der Waals surface area contributed by atoms with Crippen LogP contribution in [0.15, 0.2) is 5.38 Å². The summed E-state index contributed by atoms with van der Waals surface area (Å²) in [7, 11) is 0. The molecular weight excluding hydrogens is 154 g/mol. The molecule has 0 unspecified atom stereocenters. The Bertz CT molecular complexity index is 235. The van der Waals surface area contributed by atoms with E-state index in [2.05, 4.69) is 10.9 Å². The third kappa shape index (κ3) is 1.70. The minimum absolute atomic E-state index is 0.556. The minimum atomic E-state index is 0.556. The van der Waals surface area contributed by atoms with Gasteiger partial charge in [-0.05, 0) is 0 Å². The monoisotopic (exact) mass is 157 g/mol. The van der Waals surface area contributed by atoms with Crippen molar-refractivity contribution in [1.29, 1.82) is 0 Å². The number of thiazole rings is 1. The van der Waals surface area contributed by atoms with Crippen LogP contribution in [0.3, 0.4) is 0 Å². The summed E-state index contributed by atoms with van der Waals surface area (Å²) in [5.41, 5.74) is 0.882. The fraction of sp³-hybridized carbons (Fsp3) is 0.167. The molecule has 0 radical (unpaired) electrons. The van der Waals surface area contributed by atoms with Gasteiger partial charge in [-0.1, -0.05) is 11.6 Å². The van der Waals surface area contributed by atoms with Crippen LogP contribution in [0.5, 0.6) is 0 Å². The van der Waals surface area contributed by atoms with Crippen LogP contribution >= 0.6 is 22.9 Å². The van der Waals surface area contributed by atoms with Crippen molar-refractivity contribution in [1.82, 2.24) is 4.98 Å². The molecule has 3 heteroatoms. The summed E-state index contributed by atoms with van der Waals surface area (Å²) in [6.45, 7) is 0. The van der Waals surface area contributed by atoms with E-state index < -0.39 is 0 Å². The van der Waals surface area contributed by atoms with Crippen LogP contribution in [-0.2, 0) is 6.42 Å². The van der Waals surface area contributed by atoms with E-state index in [1.807, 2.05) is 5.38 Å². The Labute approximate surface area is 62.7 Å². The van der Waals surface area contributed by atoms with E-state index in [1.165, 1.54) is 11.3 Å². The van der Waals surface area contributed by atoms with Crippen molar-refractivity contribution in [2.75, 3.05) is 0 Å². The fourth-order valence-electron chi connectivity index (χ4n) is 0.468.